The number of nitrogens with one attached hydrogen (secondary N) is 1. The van der Waals surface area contributed by atoms with Gasteiger partial charge in [0.25, 0.3) is 0 Å². The standard InChI is InChI=1S/C21H22ClNO5/c1-13(24)15-6-5-7-17(12-15)27-19(25)18(14-8-10-16(22)11-9-14)23-20(26)28-21(2,3)4/h5-12,18H,1-4H3,(H,23,26). The molecule has 2 aromatic carbocycles. The first-order valence-corrected chi connectivity index (χ1v) is 9.00. The van der Waals surface area contributed by atoms with E-state index in [1.54, 1.807) is 63.2 Å². The van der Waals surface area contributed by atoms with Crippen LogP contribution in [0.5, 0.6) is 5.75 Å². The van der Waals surface area contributed by atoms with E-state index < -0.39 is 23.7 Å². The average Bonchev–Trinajstić information content (AvgIpc) is 2.59. The number of ether oxygens (including phenoxy) is 2. The van der Waals surface area contributed by atoms with E-state index in [1.165, 1.54) is 13.0 Å². The minimum Gasteiger partial charge on any atom is -0.444 e. The molecule has 0 aliphatic rings. The molecule has 0 spiro atoms. The zero-order valence-corrected chi connectivity index (χ0v) is 16.9. The maximum Gasteiger partial charge on any atom is 0.408 e. The fourth-order valence-electron chi connectivity index (χ4n) is 2.31. The molecule has 0 bridgehead atoms. The smallest absolute Gasteiger partial charge is 0.408 e. The Kier molecular flexibility index (Phi) is 6.80. The first-order valence-electron chi connectivity index (χ1n) is 8.63. The molecule has 6 nitrogen and oxygen atoms in total. The minimum atomic E-state index is -1.12. The van der Waals surface area contributed by atoms with Gasteiger partial charge >= 0.3 is 12.1 Å². The van der Waals surface area contributed by atoms with Gasteiger partial charge in [0.2, 0.25) is 0 Å². The molecule has 0 aliphatic heterocycles. The molecule has 0 saturated heterocycles. The summed E-state index contributed by atoms with van der Waals surface area (Å²) in [5, 5.41) is 3.01. The highest BCUT2D eigenvalue weighted by molar-refractivity contribution is 6.30. The van der Waals surface area contributed by atoms with Crippen LogP contribution in [-0.2, 0) is 9.53 Å². The van der Waals surface area contributed by atoms with Crippen LogP contribution in [0.2, 0.25) is 5.02 Å². The third-order valence-electron chi connectivity index (χ3n) is 3.56. The van der Waals surface area contributed by atoms with E-state index in [2.05, 4.69) is 5.32 Å². The van der Waals surface area contributed by atoms with E-state index in [0.29, 0.717) is 16.1 Å². The second-order valence-electron chi connectivity index (χ2n) is 7.14. The van der Waals surface area contributed by atoms with Crippen LogP contribution in [-0.4, -0.2) is 23.4 Å². The number of hydrogen-bond acceptors (Lipinski definition) is 5. The van der Waals surface area contributed by atoms with Crippen molar-refractivity contribution in [3.05, 3.63) is 64.7 Å². The Balaban J connectivity index is 2.26. The van der Waals surface area contributed by atoms with Crippen molar-refractivity contribution in [3.63, 3.8) is 0 Å². The minimum absolute atomic E-state index is 0.154. The molecular formula is C21H22ClNO5. The molecular weight excluding hydrogens is 382 g/mol. The van der Waals surface area contributed by atoms with Gasteiger partial charge in [-0.2, -0.15) is 0 Å². The van der Waals surface area contributed by atoms with Crippen molar-refractivity contribution in [1.82, 2.24) is 5.32 Å². The molecule has 2 aromatic rings. The van der Waals surface area contributed by atoms with E-state index in [0.717, 1.165) is 0 Å². The first-order chi connectivity index (χ1) is 13.0. The zero-order chi connectivity index (χ0) is 20.9. The van der Waals surface area contributed by atoms with Crippen molar-refractivity contribution >= 4 is 29.4 Å². The number of esters is 1. The van der Waals surface area contributed by atoms with Gasteiger partial charge in [0, 0.05) is 10.6 Å². The molecule has 1 atom stereocenters. The Bertz CT molecular complexity index is 871. The third kappa shape index (κ3) is 6.39. The number of carbonyl (C=O) groups is 3. The molecule has 0 aromatic heterocycles. The highest BCUT2D eigenvalue weighted by atomic mass is 35.5. The lowest BCUT2D eigenvalue weighted by Crippen LogP contribution is -2.39. The Morgan fingerprint density at radius 1 is 1.04 bits per heavy atom. The summed E-state index contributed by atoms with van der Waals surface area (Å²) in [6.45, 7) is 6.57. The monoisotopic (exact) mass is 403 g/mol. The van der Waals surface area contributed by atoms with Gasteiger partial charge in [-0.25, -0.2) is 9.59 Å². The molecule has 0 radical (unpaired) electrons. The Morgan fingerprint density at radius 3 is 2.25 bits per heavy atom. The van der Waals surface area contributed by atoms with Gasteiger partial charge in [-0.05, 0) is 57.5 Å². The Labute approximate surface area is 168 Å². The lowest BCUT2D eigenvalue weighted by Gasteiger charge is -2.23. The molecule has 1 amide bonds. The number of carbonyl (C=O) groups excluding carboxylic acids is 3. The van der Waals surface area contributed by atoms with Crippen LogP contribution >= 0.6 is 11.6 Å². The molecule has 7 heteroatoms. The van der Waals surface area contributed by atoms with Crippen LogP contribution < -0.4 is 10.1 Å². The molecule has 2 rings (SSSR count). The average molecular weight is 404 g/mol. The van der Waals surface area contributed by atoms with Gasteiger partial charge in [-0.3, -0.25) is 4.79 Å². The van der Waals surface area contributed by atoms with E-state index >= 15 is 0 Å². The van der Waals surface area contributed by atoms with Gasteiger partial charge in [0.15, 0.2) is 11.8 Å². The van der Waals surface area contributed by atoms with Crippen LogP contribution in [0, 0.1) is 0 Å². The van der Waals surface area contributed by atoms with Crippen molar-refractivity contribution < 1.29 is 23.9 Å². The zero-order valence-electron chi connectivity index (χ0n) is 16.1. The maximum atomic E-state index is 12.8. The highest BCUT2D eigenvalue weighted by Gasteiger charge is 2.27. The van der Waals surface area contributed by atoms with Crippen molar-refractivity contribution in [1.29, 1.82) is 0 Å². The summed E-state index contributed by atoms with van der Waals surface area (Å²) in [5.41, 5.74) is 0.158. The van der Waals surface area contributed by atoms with E-state index in [1.807, 2.05) is 0 Å². The molecule has 0 fully saturated rings. The van der Waals surface area contributed by atoms with Crippen LogP contribution in [0.15, 0.2) is 48.5 Å². The molecule has 28 heavy (non-hydrogen) atoms. The quantitative estimate of drug-likeness (QED) is 0.444. The molecule has 1 N–H and O–H groups in total. The Hall–Kier alpha value is -2.86. The van der Waals surface area contributed by atoms with E-state index in [9.17, 15) is 14.4 Å². The highest BCUT2D eigenvalue weighted by Crippen LogP contribution is 2.22. The Morgan fingerprint density at radius 2 is 1.68 bits per heavy atom. The van der Waals surface area contributed by atoms with Gasteiger partial charge < -0.3 is 14.8 Å². The van der Waals surface area contributed by atoms with Crippen LogP contribution in [0.25, 0.3) is 0 Å². The number of halogens is 1. The fraction of sp³-hybridized carbons (Fsp3) is 0.286. The van der Waals surface area contributed by atoms with Gasteiger partial charge in [0.1, 0.15) is 11.4 Å². The van der Waals surface area contributed by atoms with Crippen molar-refractivity contribution in [2.24, 2.45) is 0 Å². The molecule has 0 heterocycles. The van der Waals surface area contributed by atoms with Crippen LogP contribution in [0.3, 0.4) is 0 Å². The lowest BCUT2D eigenvalue weighted by atomic mass is 10.1. The summed E-state index contributed by atoms with van der Waals surface area (Å²) in [6.07, 6.45) is -0.762. The van der Waals surface area contributed by atoms with Crippen molar-refractivity contribution in [2.45, 2.75) is 39.3 Å². The summed E-state index contributed by atoms with van der Waals surface area (Å²) >= 11 is 5.91. The number of amides is 1. The van der Waals surface area contributed by atoms with Crippen molar-refractivity contribution in [3.8, 4) is 5.75 Å². The number of alkyl carbamates (subject to hydrolysis) is 1. The summed E-state index contributed by atoms with van der Waals surface area (Å²) in [5.74, 6) is -0.685. The topological polar surface area (TPSA) is 81.7 Å². The van der Waals surface area contributed by atoms with E-state index in [4.69, 9.17) is 21.1 Å². The summed E-state index contributed by atoms with van der Waals surface area (Å²) in [7, 11) is 0. The first kappa shape index (κ1) is 21.4. The van der Waals surface area contributed by atoms with Gasteiger partial charge in [-0.15, -0.1) is 0 Å². The van der Waals surface area contributed by atoms with Gasteiger partial charge in [-0.1, -0.05) is 35.9 Å². The second-order valence-corrected chi connectivity index (χ2v) is 7.57. The van der Waals surface area contributed by atoms with Crippen LogP contribution in [0.4, 0.5) is 4.79 Å². The molecule has 0 saturated carbocycles. The second kappa shape index (κ2) is 8.89. The normalized spacial score (nSPS) is 12.0. The number of Topliss-reactive ketones (excluding diaryl/α,β-unsaturated/α-hetero) is 1. The number of ketones is 1. The number of benzene rings is 2. The molecule has 1 unspecified atom stereocenters. The third-order valence-corrected chi connectivity index (χ3v) is 3.81. The molecule has 0 aliphatic carbocycles. The predicted octanol–water partition coefficient (Wildman–Crippen LogP) is 4.71. The fourth-order valence-corrected chi connectivity index (χ4v) is 2.44. The summed E-state index contributed by atoms with van der Waals surface area (Å²) in [4.78, 5) is 36.5. The van der Waals surface area contributed by atoms with Crippen LogP contribution in [0.1, 0.15) is 49.7 Å². The summed E-state index contributed by atoms with van der Waals surface area (Å²) < 4.78 is 10.6. The largest absolute Gasteiger partial charge is 0.444 e. The summed E-state index contributed by atoms with van der Waals surface area (Å²) in [6, 6.07) is 11.5. The maximum absolute atomic E-state index is 12.8. The predicted molar refractivity (Wildman–Crippen MR) is 106 cm³/mol. The van der Waals surface area contributed by atoms with E-state index in [-0.39, 0.29) is 11.5 Å². The number of hydrogen-bond donors (Lipinski definition) is 1. The number of rotatable bonds is 5. The van der Waals surface area contributed by atoms with Gasteiger partial charge in [0.05, 0.1) is 0 Å². The molecule has 148 valence electrons. The van der Waals surface area contributed by atoms with Crippen molar-refractivity contribution in [2.75, 3.05) is 0 Å². The SMILES string of the molecule is CC(=O)c1cccc(OC(=O)C(NC(=O)OC(C)(C)C)c2ccc(Cl)cc2)c1. The lowest BCUT2D eigenvalue weighted by molar-refractivity contribution is -0.137.